The van der Waals surface area contributed by atoms with Crippen LogP contribution < -0.4 is 4.74 Å². The second kappa shape index (κ2) is 3.31. The van der Waals surface area contributed by atoms with Crippen molar-refractivity contribution in [1.82, 2.24) is 9.97 Å². The number of ether oxygens (including phenoxy) is 1. The third kappa shape index (κ3) is 1.33. The molecule has 0 saturated carbocycles. The van der Waals surface area contributed by atoms with Crippen LogP contribution in [0, 0.1) is 0 Å². The highest BCUT2D eigenvalue weighted by molar-refractivity contribution is 6.34. The Morgan fingerprint density at radius 2 is 2.36 bits per heavy atom. The summed E-state index contributed by atoms with van der Waals surface area (Å²) in [5, 5.41) is 10.2. The maximum atomic E-state index is 9.58. The van der Waals surface area contributed by atoms with E-state index in [0.29, 0.717) is 10.9 Å². The molecule has 0 bridgehead atoms. The van der Waals surface area contributed by atoms with E-state index in [2.05, 4.69) is 14.7 Å². The Kier molecular flexibility index (Phi) is 1.42. The molecule has 2 rings (SSSR count). The van der Waals surface area contributed by atoms with Crippen LogP contribution in [0.15, 0.2) is 18.5 Å². The van der Waals surface area contributed by atoms with Crippen LogP contribution in [-0.2, 0) is 0 Å². The molecule has 0 atom stereocenters. The first-order valence-corrected chi connectivity index (χ1v) is 4.07. The fourth-order valence-corrected chi connectivity index (χ4v) is 1.32. The molecule has 0 aliphatic rings. The summed E-state index contributed by atoms with van der Waals surface area (Å²) >= 11 is 5.82. The Balaban J connectivity index is 2.58. The van der Waals surface area contributed by atoms with Crippen LogP contribution in [0.5, 0.6) is 11.5 Å². The molecule has 0 aliphatic heterocycles. The third-order valence-corrected chi connectivity index (χ3v) is 2.08. The van der Waals surface area contributed by atoms with Crippen molar-refractivity contribution in [2.45, 2.75) is 0 Å². The van der Waals surface area contributed by atoms with Gasteiger partial charge in [-0.2, -0.15) is 0 Å². The highest BCUT2D eigenvalue weighted by atomic mass is 35.5. The van der Waals surface area contributed by atoms with Gasteiger partial charge >= 0.3 is 0 Å². The van der Waals surface area contributed by atoms with Gasteiger partial charge in [-0.05, 0) is 6.07 Å². The summed E-state index contributed by atoms with van der Waals surface area (Å²) in [7, 11) is -2.65. The molecule has 1 N–H and O–H groups in total. The number of halogens is 1. The molecule has 1 aromatic heterocycles. The number of phenolic OH excluding ortho intramolecular Hbond substituents is 1. The van der Waals surface area contributed by atoms with Crippen LogP contribution >= 0.6 is 11.6 Å². The number of fused-ring (bicyclic) bond motifs is 1. The van der Waals surface area contributed by atoms with E-state index in [-0.39, 0.29) is 16.7 Å². The molecule has 0 amide bonds. The normalized spacial score (nSPS) is 14.5. The number of phenols is 1. The summed E-state index contributed by atoms with van der Waals surface area (Å²) in [6, 6.07) is 2.56. The summed E-state index contributed by atoms with van der Waals surface area (Å²) < 4.78 is 25.5. The molecule has 2 aromatic rings. The van der Waals surface area contributed by atoms with Gasteiger partial charge in [0.15, 0.2) is 11.5 Å². The minimum Gasteiger partial charge on any atom is -0.504 e. The summed E-state index contributed by atoms with van der Waals surface area (Å²) in [5.41, 5.74) is 0.403. The Morgan fingerprint density at radius 3 is 3.14 bits per heavy atom. The van der Waals surface area contributed by atoms with Gasteiger partial charge in [0, 0.05) is 11.5 Å². The van der Waals surface area contributed by atoms with E-state index in [0.717, 1.165) is 0 Å². The van der Waals surface area contributed by atoms with Crippen molar-refractivity contribution in [1.29, 1.82) is 0 Å². The van der Waals surface area contributed by atoms with Crippen molar-refractivity contribution in [2.75, 3.05) is 7.04 Å². The fourth-order valence-electron chi connectivity index (χ4n) is 1.12. The molecule has 0 fully saturated rings. The van der Waals surface area contributed by atoms with E-state index < -0.39 is 7.04 Å². The zero-order valence-electron chi connectivity index (χ0n) is 9.86. The summed E-state index contributed by atoms with van der Waals surface area (Å²) in [5.74, 6) is -0.502. The standard InChI is InChI=1S/C9H7ClN2O2/c1-14-8-2-5-6(3-7(8)13)11-4-12-9(5)10/h2-4,13H,1H3/i1D3. The number of benzene rings is 1. The number of aromatic nitrogens is 2. The largest absolute Gasteiger partial charge is 0.504 e. The van der Waals surface area contributed by atoms with E-state index in [1.165, 1.54) is 18.5 Å². The Morgan fingerprint density at radius 1 is 1.50 bits per heavy atom. The minimum atomic E-state index is -2.65. The van der Waals surface area contributed by atoms with Crippen LogP contribution in [0.2, 0.25) is 5.15 Å². The van der Waals surface area contributed by atoms with Crippen molar-refractivity contribution in [3.8, 4) is 11.5 Å². The highest BCUT2D eigenvalue weighted by Gasteiger charge is 2.07. The minimum absolute atomic E-state index is 0.158. The smallest absolute Gasteiger partial charge is 0.161 e. The number of aromatic hydroxyl groups is 1. The maximum absolute atomic E-state index is 9.58. The lowest BCUT2D eigenvalue weighted by Gasteiger charge is -2.05. The second-order valence-electron chi connectivity index (χ2n) is 2.60. The molecule has 4 nitrogen and oxygen atoms in total. The van der Waals surface area contributed by atoms with Crippen molar-refractivity contribution < 1.29 is 14.0 Å². The van der Waals surface area contributed by atoms with Crippen LogP contribution in [-0.4, -0.2) is 22.1 Å². The zero-order chi connectivity index (χ0) is 12.6. The Labute approximate surface area is 89.3 Å². The molecular weight excluding hydrogens is 204 g/mol. The van der Waals surface area contributed by atoms with Gasteiger partial charge in [0.25, 0.3) is 0 Å². The average molecular weight is 214 g/mol. The quantitative estimate of drug-likeness (QED) is 0.737. The molecule has 5 heteroatoms. The van der Waals surface area contributed by atoms with Crippen molar-refractivity contribution >= 4 is 22.5 Å². The SMILES string of the molecule is [2H]C([2H])([2H])Oc1cc2c(Cl)ncnc2cc1O. The maximum Gasteiger partial charge on any atom is 0.161 e. The van der Waals surface area contributed by atoms with E-state index in [1.807, 2.05) is 0 Å². The van der Waals surface area contributed by atoms with Crippen molar-refractivity contribution in [3.63, 3.8) is 0 Å². The monoisotopic (exact) mass is 213 g/mol. The van der Waals surface area contributed by atoms with Gasteiger partial charge in [-0.3, -0.25) is 0 Å². The predicted molar refractivity (Wildman–Crippen MR) is 52.8 cm³/mol. The fraction of sp³-hybridized carbons (Fsp3) is 0.111. The van der Waals surface area contributed by atoms with Crippen molar-refractivity contribution in [2.24, 2.45) is 0 Å². The first kappa shape index (κ1) is 6.03. The molecule has 1 aromatic carbocycles. The van der Waals surface area contributed by atoms with Crippen LogP contribution in [0.4, 0.5) is 0 Å². The van der Waals surface area contributed by atoms with Crippen LogP contribution in [0.1, 0.15) is 4.11 Å². The van der Waals surface area contributed by atoms with Gasteiger partial charge in [0.2, 0.25) is 0 Å². The number of hydrogen-bond acceptors (Lipinski definition) is 4. The average Bonchev–Trinajstić information content (AvgIpc) is 2.18. The van der Waals surface area contributed by atoms with E-state index in [1.54, 1.807) is 0 Å². The summed E-state index contributed by atoms with van der Waals surface area (Å²) in [4.78, 5) is 7.64. The first-order chi connectivity index (χ1) is 7.87. The van der Waals surface area contributed by atoms with Gasteiger partial charge in [0.05, 0.1) is 16.7 Å². The molecule has 1 heterocycles. The zero-order valence-corrected chi connectivity index (χ0v) is 7.62. The topological polar surface area (TPSA) is 55.2 Å². The number of rotatable bonds is 1. The molecule has 72 valence electrons. The summed E-state index contributed by atoms with van der Waals surface area (Å²) in [6.45, 7) is 0. The number of nitrogens with zero attached hydrogens (tertiary/aromatic N) is 2. The van der Waals surface area contributed by atoms with Crippen molar-refractivity contribution in [3.05, 3.63) is 23.6 Å². The van der Waals surface area contributed by atoms with Gasteiger partial charge in [-0.15, -0.1) is 0 Å². The predicted octanol–water partition coefficient (Wildman–Crippen LogP) is 2.00. The molecule has 0 radical (unpaired) electrons. The third-order valence-electron chi connectivity index (χ3n) is 1.78. The summed E-state index contributed by atoms with van der Waals surface area (Å²) in [6.07, 6.45) is 1.24. The molecule has 14 heavy (non-hydrogen) atoms. The lowest BCUT2D eigenvalue weighted by Crippen LogP contribution is -1.87. The van der Waals surface area contributed by atoms with E-state index >= 15 is 0 Å². The Bertz CT molecular complexity index is 574. The molecule has 0 spiro atoms. The lowest BCUT2D eigenvalue weighted by molar-refractivity contribution is 0.374. The van der Waals surface area contributed by atoms with E-state index in [9.17, 15) is 5.11 Å². The van der Waals surface area contributed by atoms with Gasteiger partial charge < -0.3 is 9.84 Å². The van der Waals surface area contributed by atoms with Gasteiger partial charge in [-0.1, -0.05) is 11.6 Å². The first-order valence-electron chi connectivity index (χ1n) is 5.19. The highest BCUT2D eigenvalue weighted by Crippen LogP contribution is 2.32. The molecule has 0 aliphatic carbocycles. The Hall–Kier alpha value is -1.55. The number of methoxy groups -OCH3 is 1. The second-order valence-corrected chi connectivity index (χ2v) is 2.96. The van der Waals surface area contributed by atoms with Gasteiger partial charge in [-0.25, -0.2) is 9.97 Å². The molecule has 0 saturated heterocycles. The molecule has 0 unspecified atom stereocenters. The molecular formula is C9H7ClN2O2. The lowest BCUT2D eigenvalue weighted by atomic mass is 10.2. The number of hydrogen-bond donors (Lipinski definition) is 1. The van der Waals surface area contributed by atoms with Gasteiger partial charge in [0.1, 0.15) is 11.5 Å². The van der Waals surface area contributed by atoms with Crippen LogP contribution in [0.25, 0.3) is 10.9 Å². The van der Waals surface area contributed by atoms with E-state index in [4.69, 9.17) is 15.7 Å². The van der Waals surface area contributed by atoms with Crippen LogP contribution in [0.3, 0.4) is 0 Å².